The van der Waals surface area contributed by atoms with Gasteiger partial charge in [0.05, 0.1) is 11.7 Å². The summed E-state index contributed by atoms with van der Waals surface area (Å²) < 4.78 is 7.53. The standard InChI is InChI=1S/C15H17N3O3/c19-15(20)14-13(6-3-8-16-14)21-10-11-7-9-18(17-11)12-4-1-2-5-12/h3,6-9,12H,1-2,4-5,10H2,(H,19,20). The first kappa shape index (κ1) is 13.6. The van der Waals surface area contributed by atoms with Gasteiger partial charge in [0.15, 0.2) is 11.4 Å². The molecular weight excluding hydrogens is 270 g/mol. The molecule has 2 aromatic rings. The predicted molar refractivity (Wildman–Crippen MR) is 75.3 cm³/mol. The van der Waals surface area contributed by atoms with Crippen molar-refractivity contribution in [2.45, 2.75) is 38.3 Å². The molecule has 1 aliphatic rings. The molecule has 1 aliphatic carbocycles. The number of rotatable bonds is 5. The summed E-state index contributed by atoms with van der Waals surface area (Å²) in [6, 6.07) is 5.66. The highest BCUT2D eigenvalue weighted by atomic mass is 16.5. The fourth-order valence-electron chi connectivity index (χ4n) is 2.65. The smallest absolute Gasteiger partial charge is 0.358 e. The van der Waals surface area contributed by atoms with Gasteiger partial charge in [0, 0.05) is 12.4 Å². The van der Waals surface area contributed by atoms with Crippen molar-refractivity contribution in [3.8, 4) is 5.75 Å². The first-order valence-corrected chi connectivity index (χ1v) is 7.09. The van der Waals surface area contributed by atoms with E-state index in [9.17, 15) is 4.79 Å². The lowest BCUT2D eigenvalue weighted by Gasteiger charge is -2.09. The number of ether oxygens (including phenoxy) is 1. The minimum absolute atomic E-state index is 0.0762. The molecular formula is C15H17N3O3. The highest BCUT2D eigenvalue weighted by Crippen LogP contribution is 2.28. The van der Waals surface area contributed by atoms with Gasteiger partial charge in [-0.05, 0) is 31.0 Å². The largest absolute Gasteiger partial charge is 0.485 e. The van der Waals surface area contributed by atoms with Crippen molar-refractivity contribution in [1.29, 1.82) is 0 Å². The highest BCUT2D eigenvalue weighted by molar-refractivity contribution is 5.88. The van der Waals surface area contributed by atoms with Crippen LogP contribution in [0.2, 0.25) is 0 Å². The van der Waals surface area contributed by atoms with Gasteiger partial charge in [-0.25, -0.2) is 9.78 Å². The molecule has 0 unspecified atom stereocenters. The predicted octanol–water partition coefficient (Wildman–Crippen LogP) is 2.67. The van der Waals surface area contributed by atoms with E-state index in [2.05, 4.69) is 10.1 Å². The number of hydrogen-bond acceptors (Lipinski definition) is 4. The average molecular weight is 287 g/mol. The summed E-state index contributed by atoms with van der Waals surface area (Å²) in [7, 11) is 0. The molecule has 6 heteroatoms. The lowest BCUT2D eigenvalue weighted by molar-refractivity contribution is 0.0684. The number of hydrogen-bond donors (Lipinski definition) is 1. The van der Waals surface area contributed by atoms with E-state index in [1.54, 1.807) is 12.1 Å². The van der Waals surface area contributed by atoms with Crippen molar-refractivity contribution in [1.82, 2.24) is 14.8 Å². The number of nitrogens with zero attached hydrogens (tertiary/aromatic N) is 3. The van der Waals surface area contributed by atoms with E-state index < -0.39 is 5.97 Å². The number of aromatic nitrogens is 3. The van der Waals surface area contributed by atoms with Crippen molar-refractivity contribution in [2.75, 3.05) is 0 Å². The van der Waals surface area contributed by atoms with E-state index in [0.29, 0.717) is 6.04 Å². The van der Waals surface area contributed by atoms with Gasteiger partial charge in [-0.3, -0.25) is 4.68 Å². The number of aromatic carboxylic acids is 1. The zero-order valence-electron chi connectivity index (χ0n) is 11.6. The Bertz CT molecular complexity index is 633. The average Bonchev–Trinajstić information content (AvgIpc) is 3.16. The molecule has 2 heterocycles. The van der Waals surface area contributed by atoms with E-state index in [-0.39, 0.29) is 18.1 Å². The number of carboxylic acid groups (broad SMARTS) is 1. The van der Waals surface area contributed by atoms with E-state index >= 15 is 0 Å². The Morgan fingerprint density at radius 2 is 2.19 bits per heavy atom. The van der Waals surface area contributed by atoms with Crippen molar-refractivity contribution < 1.29 is 14.6 Å². The van der Waals surface area contributed by atoms with Crippen molar-refractivity contribution in [3.05, 3.63) is 42.0 Å². The molecule has 3 rings (SSSR count). The monoisotopic (exact) mass is 287 g/mol. The van der Waals surface area contributed by atoms with E-state index in [0.717, 1.165) is 5.69 Å². The van der Waals surface area contributed by atoms with Gasteiger partial charge < -0.3 is 9.84 Å². The lowest BCUT2D eigenvalue weighted by atomic mass is 10.3. The maximum absolute atomic E-state index is 11.0. The Labute approximate surface area is 122 Å². The third-order valence-corrected chi connectivity index (χ3v) is 3.71. The number of carbonyl (C=O) groups is 1. The molecule has 110 valence electrons. The second-order valence-corrected chi connectivity index (χ2v) is 5.17. The molecule has 6 nitrogen and oxygen atoms in total. The number of pyridine rings is 1. The minimum Gasteiger partial charge on any atom is -0.485 e. The second-order valence-electron chi connectivity index (χ2n) is 5.17. The van der Waals surface area contributed by atoms with Crippen LogP contribution in [0, 0.1) is 0 Å². The van der Waals surface area contributed by atoms with Crippen LogP contribution in [0.4, 0.5) is 0 Å². The fourth-order valence-corrected chi connectivity index (χ4v) is 2.65. The van der Waals surface area contributed by atoms with Crippen LogP contribution in [-0.2, 0) is 6.61 Å². The Balaban J connectivity index is 1.66. The summed E-state index contributed by atoms with van der Waals surface area (Å²) >= 11 is 0. The summed E-state index contributed by atoms with van der Waals surface area (Å²) in [5.74, 6) is -0.831. The molecule has 0 amide bonds. The fraction of sp³-hybridized carbons (Fsp3) is 0.400. The third-order valence-electron chi connectivity index (χ3n) is 3.71. The maximum atomic E-state index is 11.0. The van der Waals surface area contributed by atoms with Gasteiger partial charge in [0.2, 0.25) is 0 Å². The normalized spacial score (nSPS) is 15.2. The van der Waals surface area contributed by atoms with Crippen LogP contribution in [-0.4, -0.2) is 25.8 Å². The first-order valence-electron chi connectivity index (χ1n) is 7.09. The molecule has 0 atom stereocenters. The highest BCUT2D eigenvalue weighted by Gasteiger charge is 2.18. The van der Waals surface area contributed by atoms with Crippen LogP contribution < -0.4 is 4.74 Å². The van der Waals surface area contributed by atoms with Gasteiger partial charge >= 0.3 is 5.97 Å². The van der Waals surface area contributed by atoms with Crippen LogP contribution in [0.25, 0.3) is 0 Å². The molecule has 0 aliphatic heterocycles. The van der Waals surface area contributed by atoms with Crippen LogP contribution >= 0.6 is 0 Å². The molecule has 1 saturated carbocycles. The third kappa shape index (κ3) is 3.04. The molecule has 21 heavy (non-hydrogen) atoms. The van der Waals surface area contributed by atoms with E-state index in [4.69, 9.17) is 9.84 Å². The SMILES string of the molecule is O=C(O)c1ncccc1OCc1ccn(C2CCCC2)n1. The molecule has 0 spiro atoms. The second kappa shape index (κ2) is 5.95. The first-order chi connectivity index (χ1) is 10.2. The van der Waals surface area contributed by atoms with Gasteiger partial charge in [0.1, 0.15) is 6.61 Å². The summed E-state index contributed by atoms with van der Waals surface area (Å²) in [5, 5.41) is 13.6. The number of carboxylic acids is 1. The van der Waals surface area contributed by atoms with Gasteiger partial charge in [-0.1, -0.05) is 12.8 Å². The molecule has 0 bridgehead atoms. The van der Waals surface area contributed by atoms with Crippen molar-refractivity contribution in [3.63, 3.8) is 0 Å². The zero-order chi connectivity index (χ0) is 14.7. The molecule has 0 aromatic carbocycles. The van der Waals surface area contributed by atoms with Crippen molar-refractivity contribution in [2.24, 2.45) is 0 Å². The van der Waals surface area contributed by atoms with Gasteiger partial charge in [0.25, 0.3) is 0 Å². The summed E-state index contributed by atoms with van der Waals surface area (Å²) in [4.78, 5) is 14.9. The van der Waals surface area contributed by atoms with Crippen LogP contribution in [0.3, 0.4) is 0 Å². The van der Waals surface area contributed by atoms with E-state index in [1.165, 1.54) is 31.9 Å². The molecule has 1 N–H and O–H groups in total. The summed E-state index contributed by atoms with van der Waals surface area (Å²) in [5.41, 5.74) is 0.717. The van der Waals surface area contributed by atoms with Crippen LogP contribution in [0.1, 0.15) is 47.9 Å². The molecule has 1 fully saturated rings. The summed E-state index contributed by atoms with van der Waals surface area (Å²) in [6.07, 6.45) is 8.27. The Morgan fingerprint density at radius 3 is 2.95 bits per heavy atom. The minimum atomic E-state index is -1.10. The lowest BCUT2D eigenvalue weighted by Crippen LogP contribution is -2.08. The molecule has 0 saturated heterocycles. The maximum Gasteiger partial charge on any atom is 0.358 e. The van der Waals surface area contributed by atoms with E-state index in [1.807, 2.05) is 16.9 Å². The van der Waals surface area contributed by atoms with Crippen LogP contribution in [0.15, 0.2) is 30.6 Å². The van der Waals surface area contributed by atoms with Crippen molar-refractivity contribution >= 4 is 5.97 Å². The Hall–Kier alpha value is -2.37. The topological polar surface area (TPSA) is 77.2 Å². The Morgan fingerprint density at radius 1 is 1.38 bits per heavy atom. The van der Waals surface area contributed by atoms with Gasteiger partial charge in [-0.15, -0.1) is 0 Å². The van der Waals surface area contributed by atoms with Crippen LogP contribution in [0.5, 0.6) is 5.75 Å². The van der Waals surface area contributed by atoms with Gasteiger partial charge in [-0.2, -0.15) is 5.10 Å². The Kier molecular flexibility index (Phi) is 3.85. The molecule has 0 radical (unpaired) electrons. The molecule has 2 aromatic heterocycles. The quantitative estimate of drug-likeness (QED) is 0.914. The zero-order valence-corrected chi connectivity index (χ0v) is 11.6. The summed E-state index contributed by atoms with van der Waals surface area (Å²) in [6.45, 7) is 0.242.